The van der Waals surface area contributed by atoms with Crippen LogP contribution in [0, 0.1) is 0 Å². The van der Waals surface area contributed by atoms with Crippen LogP contribution in [0.15, 0.2) is 10.6 Å². The highest BCUT2D eigenvalue weighted by Crippen LogP contribution is 1.99. The second-order valence-electron chi connectivity index (χ2n) is 1.63. The van der Waals surface area contributed by atoms with Crippen LogP contribution in [0.3, 0.4) is 0 Å². The summed E-state index contributed by atoms with van der Waals surface area (Å²) in [6, 6.07) is 0. The minimum Gasteiger partial charge on any atom is -0.369 e. The summed E-state index contributed by atoms with van der Waals surface area (Å²) >= 11 is 10.7. The fourth-order valence-corrected chi connectivity index (χ4v) is 0.515. The van der Waals surface area contributed by atoms with E-state index in [2.05, 4.69) is 5.32 Å². The SMILES string of the molecule is NC(=O)CNCC(Cl)=CCl. The molecule has 0 aromatic carbocycles. The molecule has 0 aliphatic carbocycles. The first kappa shape index (κ1) is 9.75. The normalized spacial score (nSPS) is 11.6. The lowest BCUT2D eigenvalue weighted by Crippen LogP contribution is -2.29. The van der Waals surface area contributed by atoms with Crippen molar-refractivity contribution in [3.63, 3.8) is 0 Å². The zero-order valence-electron chi connectivity index (χ0n) is 5.23. The van der Waals surface area contributed by atoms with Gasteiger partial charge in [0.25, 0.3) is 0 Å². The lowest BCUT2D eigenvalue weighted by atomic mass is 10.5. The van der Waals surface area contributed by atoms with Gasteiger partial charge in [-0.1, -0.05) is 23.2 Å². The minimum absolute atomic E-state index is 0.112. The maximum absolute atomic E-state index is 10.1. The van der Waals surface area contributed by atoms with Crippen molar-refractivity contribution < 1.29 is 4.79 Å². The molecule has 5 heteroatoms. The zero-order chi connectivity index (χ0) is 7.98. The molecule has 0 atom stereocenters. The van der Waals surface area contributed by atoms with E-state index in [0.29, 0.717) is 11.6 Å². The van der Waals surface area contributed by atoms with E-state index in [4.69, 9.17) is 28.9 Å². The number of carbonyl (C=O) groups excluding carboxylic acids is 1. The number of rotatable bonds is 4. The Morgan fingerprint density at radius 2 is 2.20 bits per heavy atom. The Balaban J connectivity index is 3.29. The summed E-state index contributed by atoms with van der Waals surface area (Å²) in [6.07, 6.45) is 0. The number of hydrogen-bond donors (Lipinski definition) is 2. The van der Waals surface area contributed by atoms with Gasteiger partial charge in [0.05, 0.1) is 6.54 Å². The van der Waals surface area contributed by atoms with Gasteiger partial charge in [-0.15, -0.1) is 0 Å². The van der Waals surface area contributed by atoms with Gasteiger partial charge in [0.2, 0.25) is 5.91 Å². The number of amides is 1. The molecule has 58 valence electrons. The van der Waals surface area contributed by atoms with Gasteiger partial charge in [-0.3, -0.25) is 4.79 Å². The number of halogens is 2. The molecule has 10 heavy (non-hydrogen) atoms. The number of carbonyl (C=O) groups is 1. The Bertz CT molecular complexity index is 147. The first-order chi connectivity index (χ1) is 4.66. The Morgan fingerprint density at radius 1 is 1.60 bits per heavy atom. The Labute approximate surface area is 69.2 Å². The Morgan fingerprint density at radius 3 is 2.60 bits per heavy atom. The number of primary amides is 1. The summed E-state index contributed by atoms with van der Waals surface area (Å²) in [5, 5.41) is 3.12. The highest BCUT2D eigenvalue weighted by Gasteiger charge is 1.93. The first-order valence-electron chi connectivity index (χ1n) is 2.60. The maximum atomic E-state index is 10.1. The molecule has 1 amide bonds. The fourth-order valence-electron chi connectivity index (χ4n) is 0.344. The largest absolute Gasteiger partial charge is 0.369 e. The van der Waals surface area contributed by atoms with Crippen LogP contribution < -0.4 is 11.1 Å². The highest BCUT2D eigenvalue weighted by molar-refractivity contribution is 6.36. The highest BCUT2D eigenvalue weighted by atomic mass is 35.5. The van der Waals surface area contributed by atoms with E-state index >= 15 is 0 Å². The molecule has 0 saturated carbocycles. The van der Waals surface area contributed by atoms with Gasteiger partial charge >= 0.3 is 0 Å². The maximum Gasteiger partial charge on any atom is 0.231 e. The molecule has 0 fully saturated rings. The molecular weight excluding hydrogens is 175 g/mol. The smallest absolute Gasteiger partial charge is 0.231 e. The van der Waals surface area contributed by atoms with Crippen molar-refractivity contribution in [1.29, 1.82) is 0 Å². The average Bonchev–Trinajstić information content (AvgIpc) is 1.87. The molecule has 0 radical (unpaired) electrons. The van der Waals surface area contributed by atoms with E-state index in [0.717, 1.165) is 0 Å². The van der Waals surface area contributed by atoms with Crippen LogP contribution >= 0.6 is 23.2 Å². The molecular formula is C5H8Cl2N2O. The van der Waals surface area contributed by atoms with Crippen molar-refractivity contribution in [1.82, 2.24) is 5.32 Å². The van der Waals surface area contributed by atoms with E-state index < -0.39 is 5.91 Å². The van der Waals surface area contributed by atoms with Crippen molar-refractivity contribution in [2.45, 2.75) is 0 Å². The van der Waals surface area contributed by atoms with E-state index in [1.807, 2.05) is 0 Å². The molecule has 0 aliphatic rings. The molecule has 3 N–H and O–H groups in total. The van der Waals surface area contributed by atoms with Crippen molar-refractivity contribution in [2.24, 2.45) is 5.73 Å². The summed E-state index contributed by atoms with van der Waals surface area (Å²) in [7, 11) is 0. The van der Waals surface area contributed by atoms with Crippen molar-refractivity contribution >= 4 is 29.1 Å². The van der Waals surface area contributed by atoms with Crippen LogP contribution in [0.1, 0.15) is 0 Å². The van der Waals surface area contributed by atoms with Gasteiger partial charge in [-0.2, -0.15) is 0 Å². The van der Waals surface area contributed by atoms with Crippen LogP contribution in [-0.4, -0.2) is 19.0 Å². The quantitative estimate of drug-likeness (QED) is 0.661. The standard InChI is InChI=1S/C5H8Cl2N2O/c6-1-4(7)2-9-3-5(8)10/h1,9H,2-3H2,(H2,8,10). The number of nitrogens with one attached hydrogen (secondary N) is 1. The third kappa shape index (κ3) is 5.88. The lowest BCUT2D eigenvalue weighted by molar-refractivity contribution is -0.117. The second kappa shape index (κ2) is 5.53. The fraction of sp³-hybridized carbons (Fsp3) is 0.400. The average molecular weight is 183 g/mol. The summed E-state index contributed by atoms with van der Waals surface area (Å²) in [5.74, 6) is -0.418. The molecule has 0 bridgehead atoms. The second-order valence-corrected chi connectivity index (χ2v) is 2.33. The molecule has 0 unspecified atom stereocenters. The van der Waals surface area contributed by atoms with Crippen molar-refractivity contribution in [3.8, 4) is 0 Å². The molecule has 0 heterocycles. The zero-order valence-corrected chi connectivity index (χ0v) is 6.74. The monoisotopic (exact) mass is 182 g/mol. The predicted molar refractivity (Wildman–Crippen MR) is 41.9 cm³/mol. The number of hydrogen-bond acceptors (Lipinski definition) is 2. The molecule has 0 aromatic heterocycles. The van der Waals surface area contributed by atoms with Crippen molar-refractivity contribution in [2.75, 3.05) is 13.1 Å². The summed E-state index contributed by atoms with van der Waals surface area (Å²) in [5.41, 5.74) is 6.05. The van der Waals surface area contributed by atoms with Crippen LogP contribution in [-0.2, 0) is 4.79 Å². The molecule has 0 spiro atoms. The van der Waals surface area contributed by atoms with E-state index in [1.165, 1.54) is 5.54 Å². The predicted octanol–water partition coefficient (Wildman–Crippen LogP) is 0.380. The van der Waals surface area contributed by atoms with Crippen LogP contribution in [0.2, 0.25) is 0 Å². The van der Waals surface area contributed by atoms with Gasteiger partial charge in [-0.25, -0.2) is 0 Å². The van der Waals surface area contributed by atoms with Crippen LogP contribution in [0.25, 0.3) is 0 Å². The van der Waals surface area contributed by atoms with Crippen molar-refractivity contribution in [3.05, 3.63) is 10.6 Å². The summed E-state index contributed by atoms with van der Waals surface area (Å²) in [6.45, 7) is 0.481. The van der Waals surface area contributed by atoms with E-state index in [1.54, 1.807) is 0 Å². The molecule has 0 aromatic rings. The lowest BCUT2D eigenvalue weighted by Gasteiger charge is -1.97. The molecule has 3 nitrogen and oxygen atoms in total. The van der Waals surface area contributed by atoms with E-state index in [-0.39, 0.29) is 6.54 Å². The Kier molecular flexibility index (Phi) is 5.39. The third-order valence-electron chi connectivity index (χ3n) is 0.711. The van der Waals surface area contributed by atoms with Gasteiger partial charge in [-0.05, 0) is 0 Å². The number of nitrogens with two attached hydrogens (primary N) is 1. The molecule has 0 rings (SSSR count). The van der Waals surface area contributed by atoms with Gasteiger partial charge in [0.1, 0.15) is 0 Å². The topological polar surface area (TPSA) is 55.1 Å². The molecule has 0 aliphatic heterocycles. The third-order valence-corrected chi connectivity index (χ3v) is 1.33. The Hall–Kier alpha value is -0.250. The summed E-state index contributed by atoms with van der Waals surface area (Å²) in [4.78, 5) is 10.1. The summed E-state index contributed by atoms with van der Waals surface area (Å²) < 4.78 is 0. The van der Waals surface area contributed by atoms with Crippen LogP contribution in [0.5, 0.6) is 0 Å². The van der Waals surface area contributed by atoms with Gasteiger partial charge in [0, 0.05) is 17.1 Å². The van der Waals surface area contributed by atoms with Crippen LogP contribution in [0.4, 0.5) is 0 Å². The first-order valence-corrected chi connectivity index (χ1v) is 3.42. The van der Waals surface area contributed by atoms with Gasteiger partial charge < -0.3 is 11.1 Å². The minimum atomic E-state index is -0.418. The van der Waals surface area contributed by atoms with E-state index in [9.17, 15) is 4.79 Å². The van der Waals surface area contributed by atoms with Gasteiger partial charge in [0.15, 0.2) is 0 Å². The molecule has 0 saturated heterocycles.